The predicted octanol–water partition coefficient (Wildman–Crippen LogP) is 3.36. The van der Waals surface area contributed by atoms with Crippen molar-refractivity contribution in [2.75, 3.05) is 356 Å². The van der Waals surface area contributed by atoms with E-state index in [0.29, 0.717) is 277 Å². The average Bonchev–Trinajstić information content (AvgIpc) is 1.60. The second kappa shape index (κ2) is 67.4. The van der Waals surface area contributed by atoms with E-state index < -0.39 is 68.9 Å². The smallest absolute Gasteiger partial charge is 0.399 e. The molecule has 0 bridgehead atoms. The van der Waals surface area contributed by atoms with Crippen LogP contribution in [0.25, 0.3) is 11.1 Å². The summed E-state index contributed by atoms with van der Waals surface area (Å²) in [6.45, 7) is 36.1. The molecule has 0 spiro atoms. The number of hydrogen-bond acceptors (Lipinski definition) is 34. The van der Waals surface area contributed by atoms with E-state index in [4.69, 9.17) is 142 Å². The molecule has 2 saturated heterocycles. The number of nitrogens with one attached hydrogen (secondary N) is 2. The first kappa shape index (κ1) is 110. The zero-order chi connectivity index (χ0) is 87.8. The van der Waals surface area contributed by atoms with Crippen LogP contribution in [0.2, 0.25) is 0 Å². The van der Waals surface area contributed by atoms with Crippen molar-refractivity contribution in [3.63, 3.8) is 0 Å². The maximum absolute atomic E-state index is 13.4. The maximum Gasteiger partial charge on any atom is 0.494 e. The summed E-state index contributed by atoms with van der Waals surface area (Å²) in [5.74, 6) is -0.466. The number of rotatable bonds is 86. The molecule has 0 aromatic heterocycles. The monoisotopic (exact) mass is 1790 g/mol. The fourth-order valence-electron chi connectivity index (χ4n) is 11.5. The Morgan fingerprint density at radius 2 is 0.451 bits per heavy atom. The van der Waals surface area contributed by atoms with Gasteiger partial charge in [-0.15, -0.1) is 0 Å². The first-order chi connectivity index (χ1) is 59.1. The average molecular weight is 1790 g/mol. The van der Waals surface area contributed by atoms with Crippen LogP contribution in [0.5, 0.6) is 0 Å². The topological polar surface area (TPSA) is 369 Å². The van der Waals surface area contributed by atoms with Crippen molar-refractivity contribution in [1.29, 1.82) is 0 Å². The molecule has 0 saturated carbocycles. The summed E-state index contributed by atoms with van der Waals surface area (Å²) in [5.41, 5.74) is 2.26. The highest BCUT2D eigenvalue weighted by molar-refractivity contribution is 7.89. The number of ether oxygens (including phenoxy) is 26. The van der Waals surface area contributed by atoms with Gasteiger partial charge in [-0.2, -0.15) is 0 Å². The second-order valence-corrected chi connectivity index (χ2v) is 33.9. The highest BCUT2D eigenvalue weighted by atomic mass is 32.2. The molecule has 2 aromatic carbocycles. The highest BCUT2D eigenvalue weighted by Crippen LogP contribution is 2.49. The summed E-state index contributed by atoms with van der Waals surface area (Å²) in [6, 6.07) is 12.0. The zero-order valence-electron chi connectivity index (χ0n) is 74.7. The van der Waals surface area contributed by atoms with Crippen molar-refractivity contribution in [1.82, 2.24) is 9.44 Å². The van der Waals surface area contributed by atoms with Gasteiger partial charge in [-0.05, 0) is 101 Å². The largest absolute Gasteiger partial charge is 0.494 e. The molecule has 2 unspecified atom stereocenters. The minimum absolute atomic E-state index is 0.0196. The van der Waals surface area contributed by atoms with Gasteiger partial charge in [0.25, 0.3) is 0 Å². The lowest BCUT2D eigenvalue weighted by molar-refractivity contribution is -0.0788. The highest BCUT2D eigenvalue weighted by Gasteiger charge is 2.54. The van der Waals surface area contributed by atoms with Crippen molar-refractivity contribution in [3.05, 3.63) is 47.5 Å². The van der Waals surface area contributed by atoms with Crippen LogP contribution in [0.4, 0.5) is 0 Å². The summed E-state index contributed by atoms with van der Waals surface area (Å²) in [5, 5.41) is 0. The lowest BCUT2D eigenvalue weighted by Crippen LogP contribution is -2.41. The Bertz CT molecular complexity index is 2890. The molecule has 2 heterocycles. The molecule has 2 aliphatic heterocycles. The summed E-state index contributed by atoms with van der Waals surface area (Å²) in [4.78, 5) is 0. The Morgan fingerprint density at radius 1 is 0.270 bits per heavy atom. The number of sulfonamides is 2. The predicted molar refractivity (Wildman–Crippen MR) is 455 cm³/mol. The van der Waals surface area contributed by atoms with Crippen LogP contribution in [0.3, 0.4) is 0 Å². The van der Waals surface area contributed by atoms with E-state index in [1.54, 1.807) is 14.2 Å². The van der Waals surface area contributed by atoms with Crippen LogP contribution in [-0.4, -0.2) is 409 Å². The Balaban J connectivity index is 0.918. The SMILES string of the molecule is COCCOCCOCCOCCOCCOCCOCCOCCOCCOCCOCCOCCNS(=O)(=O)CCCOC1c2cc(B3OC(C)(C)C(C)(C)O3)ccc2-c2ccc(B3OC(C)(C)C(C)(C)O3)cc2C1OCCCS(=O)(=O)NCCOCCOCCOCCOCCOCCOCCOCCOCCOCCOCCOCCOC. The van der Waals surface area contributed by atoms with E-state index in [9.17, 15) is 16.8 Å². The van der Waals surface area contributed by atoms with Gasteiger partial charge in [0.2, 0.25) is 20.0 Å². The van der Waals surface area contributed by atoms with Gasteiger partial charge in [0, 0.05) is 40.5 Å². The van der Waals surface area contributed by atoms with E-state index >= 15 is 0 Å². The van der Waals surface area contributed by atoms with E-state index in [1.807, 2.05) is 91.8 Å². The standard InChI is InChI=1S/C82H148B2N2O34S2/c1-79(2)80(3,4)118-83(117-79)71-13-15-73-74-16-14-72(84-119-81(5,6)82(7,8)120-84)70-76(74)78(116-20-12-68-122(89,90)86-18-22-94-28-30-98-36-38-102-44-46-106-52-54-110-60-62-114-66-64-112-58-56-108-50-48-104-42-40-100-34-32-96-26-24-92-10)77(75(73)69-71)115-19-11-67-121(87,88)85-17-21-93-27-29-97-35-37-101-43-45-105-51-53-109-59-61-113-65-63-111-57-55-107-49-47-103-41-39-99-33-31-95-25-23-91-9/h13-16,69-70,77-78,85-86H,11-12,17-68H2,1-10H3. The third-order valence-electron chi connectivity index (χ3n) is 19.5. The lowest BCUT2D eigenvalue weighted by Gasteiger charge is -2.36. The zero-order valence-corrected chi connectivity index (χ0v) is 76.3. The van der Waals surface area contributed by atoms with Crippen LogP contribution in [0.15, 0.2) is 36.4 Å². The molecule has 2 atom stereocenters. The van der Waals surface area contributed by atoms with Crippen molar-refractivity contribution in [2.24, 2.45) is 0 Å². The van der Waals surface area contributed by atoms with Gasteiger partial charge in [0.15, 0.2) is 0 Å². The molecule has 36 nitrogen and oxygen atoms in total. The van der Waals surface area contributed by atoms with Gasteiger partial charge in [-0.25, -0.2) is 26.3 Å². The molecule has 0 radical (unpaired) electrons. The molecule has 5 rings (SSSR count). The van der Waals surface area contributed by atoms with Crippen LogP contribution in [-0.2, 0) is 162 Å². The van der Waals surface area contributed by atoms with E-state index in [2.05, 4.69) is 9.44 Å². The van der Waals surface area contributed by atoms with Gasteiger partial charge in [0.05, 0.1) is 338 Å². The van der Waals surface area contributed by atoms with E-state index in [0.717, 1.165) is 33.2 Å². The van der Waals surface area contributed by atoms with Crippen molar-refractivity contribution in [2.45, 2.75) is 103 Å². The lowest BCUT2D eigenvalue weighted by atomic mass is 9.71. The van der Waals surface area contributed by atoms with E-state index in [1.165, 1.54) is 0 Å². The molecule has 3 aliphatic rings. The van der Waals surface area contributed by atoms with Gasteiger partial charge < -0.3 is 142 Å². The molecule has 2 N–H and O–H groups in total. The number of methoxy groups -OCH3 is 2. The summed E-state index contributed by atoms with van der Waals surface area (Å²) in [7, 11) is -5.66. The Labute approximate surface area is 727 Å². The van der Waals surface area contributed by atoms with Gasteiger partial charge >= 0.3 is 14.2 Å². The third kappa shape index (κ3) is 49.3. The van der Waals surface area contributed by atoms with Gasteiger partial charge in [0.1, 0.15) is 12.2 Å². The molecule has 40 heteroatoms. The molecule has 2 aromatic rings. The minimum Gasteiger partial charge on any atom is -0.399 e. The first-order valence-corrected chi connectivity index (χ1v) is 46.3. The minimum atomic E-state index is -3.76. The van der Waals surface area contributed by atoms with Crippen molar-refractivity contribution in [3.8, 4) is 11.1 Å². The molecule has 708 valence electrons. The van der Waals surface area contributed by atoms with Crippen LogP contribution < -0.4 is 20.4 Å². The quantitative estimate of drug-likeness (QED) is 0.0708. The second-order valence-electron chi connectivity index (χ2n) is 30.0. The van der Waals surface area contributed by atoms with E-state index in [-0.39, 0.29) is 77.1 Å². The molecule has 2 fully saturated rings. The number of fused-ring (bicyclic) bond motifs is 3. The molecule has 122 heavy (non-hydrogen) atoms. The molecular weight excluding hydrogens is 1640 g/mol. The van der Waals surface area contributed by atoms with Crippen LogP contribution in [0.1, 0.15) is 91.6 Å². The first-order valence-electron chi connectivity index (χ1n) is 43.0. The Morgan fingerprint density at radius 3 is 0.639 bits per heavy atom. The third-order valence-corrected chi connectivity index (χ3v) is 22.5. The Hall–Kier alpha value is -2.81. The number of benzene rings is 2. The fraction of sp³-hybridized carbons (Fsp3) is 0.854. The van der Waals surface area contributed by atoms with Gasteiger partial charge in [-0.1, -0.05) is 36.4 Å². The van der Waals surface area contributed by atoms with Crippen LogP contribution >= 0.6 is 0 Å². The van der Waals surface area contributed by atoms with Gasteiger partial charge in [-0.3, -0.25) is 0 Å². The van der Waals surface area contributed by atoms with Crippen molar-refractivity contribution < 1.29 is 159 Å². The maximum atomic E-state index is 13.4. The number of hydrogen-bond donors (Lipinski definition) is 2. The van der Waals surface area contributed by atoms with Crippen LogP contribution in [0, 0.1) is 0 Å². The summed E-state index contributed by atoms with van der Waals surface area (Å²) in [6.07, 6.45) is -1.35. The normalized spacial score (nSPS) is 16.7. The summed E-state index contributed by atoms with van der Waals surface area (Å²) >= 11 is 0. The molecule has 1 aliphatic carbocycles. The summed E-state index contributed by atoms with van der Waals surface area (Å²) < 4.78 is 230. The molecule has 0 amide bonds. The molecular formula is C82H148B2N2O34S2. The van der Waals surface area contributed by atoms with Crippen molar-refractivity contribution >= 4 is 45.2 Å². The Kier molecular flexibility index (Phi) is 60.6. The fourth-order valence-corrected chi connectivity index (χ4v) is 13.6.